The molecule has 11 heteroatoms. The average Bonchev–Trinajstić information content (AvgIpc) is 3.28. The molecule has 0 aliphatic heterocycles. The molecule has 6 nitrogen and oxygen atoms in total. The fourth-order valence-electron chi connectivity index (χ4n) is 2.29. The molecule has 0 saturated carbocycles. The number of aromatic nitrogens is 4. The molecule has 0 atom stereocenters. The molecule has 0 radical (unpaired) electrons. The molecule has 1 N–H and O–H groups in total. The summed E-state index contributed by atoms with van der Waals surface area (Å²) >= 11 is 15.1. The third-order valence-corrected chi connectivity index (χ3v) is 6.65. The monoisotopic (exact) mass is 451 g/mol. The van der Waals surface area contributed by atoms with Gasteiger partial charge in [0.25, 0.3) is 0 Å². The average molecular weight is 452 g/mol. The molecule has 0 aliphatic rings. The van der Waals surface area contributed by atoms with Gasteiger partial charge in [-0.15, -0.1) is 5.10 Å². The predicted octanol–water partition coefficient (Wildman–Crippen LogP) is 5.05. The predicted molar refractivity (Wildman–Crippen MR) is 114 cm³/mol. The highest BCUT2D eigenvalue weighted by atomic mass is 35.5. The van der Waals surface area contributed by atoms with Gasteiger partial charge in [-0.1, -0.05) is 40.8 Å². The van der Waals surface area contributed by atoms with Crippen molar-refractivity contribution >= 4 is 81.3 Å². The summed E-state index contributed by atoms with van der Waals surface area (Å²) in [6, 6.07) is 12.8. The van der Waals surface area contributed by atoms with Crippen LogP contribution >= 0.6 is 58.6 Å². The zero-order chi connectivity index (χ0) is 18.8. The van der Waals surface area contributed by atoms with Crippen LogP contribution in [0, 0.1) is 3.95 Å². The van der Waals surface area contributed by atoms with Gasteiger partial charge in [0, 0.05) is 5.02 Å². The number of nitrogens with one attached hydrogen (secondary N) is 1. The second-order valence-corrected chi connectivity index (χ2v) is 9.11. The highest BCUT2D eigenvalue weighted by Gasteiger charge is 2.12. The fraction of sp³-hybridized carbons (Fsp3) is 0.0625. The standard InChI is InChI=1S/C16H10ClN5OS4/c17-9-4-6-10(7-5-9)22-16(24)26-15(19-22)25-8-13(23)18-11-2-1-3-12-14(11)21-27-20-12/h1-7H,8H2,(H,18,23). The summed E-state index contributed by atoms with van der Waals surface area (Å²) in [5.41, 5.74) is 2.96. The Labute approximate surface area is 176 Å². The van der Waals surface area contributed by atoms with Crippen molar-refractivity contribution in [1.82, 2.24) is 18.5 Å². The van der Waals surface area contributed by atoms with Gasteiger partial charge in [-0.3, -0.25) is 4.79 Å². The smallest absolute Gasteiger partial charge is 0.234 e. The second kappa shape index (κ2) is 8.03. The number of rotatable bonds is 5. The van der Waals surface area contributed by atoms with Crippen LogP contribution in [-0.4, -0.2) is 30.2 Å². The maximum atomic E-state index is 12.3. The Balaban J connectivity index is 1.44. The van der Waals surface area contributed by atoms with Crippen LogP contribution in [0.1, 0.15) is 0 Å². The number of carbonyl (C=O) groups excluding carboxylic acids is 1. The van der Waals surface area contributed by atoms with Gasteiger partial charge in [0.1, 0.15) is 11.0 Å². The summed E-state index contributed by atoms with van der Waals surface area (Å²) in [4.78, 5) is 12.3. The number of nitrogens with zero attached hydrogens (tertiary/aromatic N) is 4. The van der Waals surface area contributed by atoms with E-state index >= 15 is 0 Å². The molecule has 4 rings (SSSR count). The lowest BCUT2D eigenvalue weighted by Gasteiger charge is -2.04. The molecule has 0 unspecified atom stereocenters. The number of hydrogen-bond acceptors (Lipinski definition) is 8. The SMILES string of the molecule is O=C(CSc1nn(-c2ccc(Cl)cc2)c(=S)s1)Nc1cccc2nsnc12. The van der Waals surface area contributed by atoms with E-state index in [1.165, 1.54) is 23.1 Å². The zero-order valence-electron chi connectivity index (χ0n) is 13.5. The van der Waals surface area contributed by atoms with E-state index in [2.05, 4.69) is 19.2 Å². The quantitative estimate of drug-likeness (QED) is 0.338. The Bertz CT molecular complexity index is 1170. The number of thioether (sulfide) groups is 1. The third kappa shape index (κ3) is 4.19. The second-order valence-electron chi connectivity index (χ2n) is 5.30. The van der Waals surface area contributed by atoms with Crippen LogP contribution in [0.25, 0.3) is 16.7 Å². The number of halogens is 1. The number of benzene rings is 2. The maximum absolute atomic E-state index is 12.3. The highest BCUT2D eigenvalue weighted by Crippen LogP contribution is 2.26. The fourth-order valence-corrected chi connectivity index (χ4v) is 5.12. The topological polar surface area (TPSA) is 72.7 Å². The Kier molecular flexibility index (Phi) is 5.50. The molecule has 1 amide bonds. The van der Waals surface area contributed by atoms with Gasteiger partial charge in [0.05, 0.1) is 28.9 Å². The molecule has 136 valence electrons. The van der Waals surface area contributed by atoms with Crippen LogP contribution < -0.4 is 5.32 Å². The van der Waals surface area contributed by atoms with E-state index in [1.807, 2.05) is 30.3 Å². The number of hydrogen-bond donors (Lipinski definition) is 1. The van der Waals surface area contributed by atoms with Gasteiger partial charge in [0.2, 0.25) is 5.91 Å². The minimum absolute atomic E-state index is 0.139. The molecule has 2 aromatic carbocycles. The lowest BCUT2D eigenvalue weighted by molar-refractivity contribution is -0.113. The molecule has 0 aliphatic carbocycles. The van der Waals surface area contributed by atoms with Crippen molar-refractivity contribution in [2.45, 2.75) is 4.34 Å². The number of amides is 1. The largest absolute Gasteiger partial charge is 0.323 e. The van der Waals surface area contributed by atoms with Crippen molar-refractivity contribution in [3.63, 3.8) is 0 Å². The van der Waals surface area contributed by atoms with Crippen LogP contribution in [0.3, 0.4) is 0 Å². The van der Waals surface area contributed by atoms with Crippen molar-refractivity contribution in [1.29, 1.82) is 0 Å². The Morgan fingerprint density at radius 3 is 2.85 bits per heavy atom. The van der Waals surface area contributed by atoms with E-state index in [1.54, 1.807) is 16.8 Å². The molecule has 0 bridgehead atoms. The lowest BCUT2D eigenvalue weighted by atomic mass is 10.2. The van der Waals surface area contributed by atoms with Gasteiger partial charge in [-0.2, -0.15) is 8.75 Å². The van der Waals surface area contributed by atoms with E-state index < -0.39 is 0 Å². The van der Waals surface area contributed by atoms with E-state index in [9.17, 15) is 4.79 Å². The maximum Gasteiger partial charge on any atom is 0.234 e. The Morgan fingerprint density at radius 2 is 2.04 bits per heavy atom. The van der Waals surface area contributed by atoms with Crippen LogP contribution in [0.4, 0.5) is 5.69 Å². The summed E-state index contributed by atoms with van der Waals surface area (Å²) in [7, 11) is 0. The summed E-state index contributed by atoms with van der Waals surface area (Å²) in [5, 5.41) is 8.01. The lowest BCUT2D eigenvalue weighted by Crippen LogP contribution is -2.14. The van der Waals surface area contributed by atoms with Gasteiger partial charge in [-0.05, 0) is 48.6 Å². The first-order chi connectivity index (χ1) is 13.1. The van der Waals surface area contributed by atoms with Crippen molar-refractivity contribution in [2.24, 2.45) is 0 Å². The highest BCUT2D eigenvalue weighted by molar-refractivity contribution is 8.01. The van der Waals surface area contributed by atoms with E-state index in [0.29, 0.717) is 20.2 Å². The Morgan fingerprint density at radius 1 is 1.22 bits per heavy atom. The van der Waals surface area contributed by atoms with E-state index in [4.69, 9.17) is 23.8 Å². The van der Waals surface area contributed by atoms with Crippen LogP contribution in [-0.2, 0) is 4.79 Å². The molecule has 2 aromatic heterocycles. The first-order valence-electron chi connectivity index (χ1n) is 7.60. The van der Waals surface area contributed by atoms with Crippen molar-refractivity contribution in [2.75, 3.05) is 11.1 Å². The number of fused-ring (bicyclic) bond motifs is 1. The molecule has 4 aromatic rings. The molecule has 0 spiro atoms. The first-order valence-corrected chi connectivity index (χ1v) is 10.9. The third-order valence-electron chi connectivity index (χ3n) is 3.49. The number of carbonyl (C=O) groups is 1. The van der Waals surface area contributed by atoms with E-state index in [0.717, 1.165) is 27.3 Å². The summed E-state index contributed by atoms with van der Waals surface area (Å²) in [6.45, 7) is 0. The van der Waals surface area contributed by atoms with Gasteiger partial charge in [-0.25, -0.2) is 4.68 Å². The Hall–Kier alpha value is -1.85. The van der Waals surface area contributed by atoms with Crippen LogP contribution in [0.2, 0.25) is 5.02 Å². The molecular formula is C16H10ClN5OS4. The minimum atomic E-state index is -0.139. The molecule has 0 saturated heterocycles. The summed E-state index contributed by atoms with van der Waals surface area (Å²) in [5.74, 6) is 0.0799. The van der Waals surface area contributed by atoms with E-state index in [-0.39, 0.29) is 11.7 Å². The number of anilines is 1. The minimum Gasteiger partial charge on any atom is -0.323 e. The van der Waals surface area contributed by atoms with Crippen LogP contribution in [0.5, 0.6) is 0 Å². The summed E-state index contributed by atoms with van der Waals surface area (Å²) in [6.07, 6.45) is 0. The van der Waals surface area contributed by atoms with Gasteiger partial charge >= 0.3 is 0 Å². The van der Waals surface area contributed by atoms with Crippen molar-refractivity contribution in [3.05, 3.63) is 51.4 Å². The summed E-state index contributed by atoms with van der Waals surface area (Å²) < 4.78 is 11.4. The molecule has 2 heterocycles. The van der Waals surface area contributed by atoms with Gasteiger partial charge in [0.15, 0.2) is 8.29 Å². The first kappa shape index (κ1) is 18.5. The van der Waals surface area contributed by atoms with Crippen molar-refractivity contribution < 1.29 is 4.79 Å². The zero-order valence-corrected chi connectivity index (χ0v) is 17.5. The van der Waals surface area contributed by atoms with Gasteiger partial charge < -0.3 is 5.32 Å². The normalized spacial score (nSPS) is 11.0. The molecule has 0 fully saturated rings. The van der Waals surface area contributed by atoms with Crippen molar-refractivity contribution in [3.8, 4) is 5.69 Å². The van der Waals surface area contributed by atoms with Crippen LogP contribution in [0.15, 0.2) is 46.8 Å². The molecule has 27 heavy (non-hydrogen) atoms. The molecular weight excluding hydrogens is 442 g/mol.